The number of nitrogens with zero attached hydrogens (tertiary/aromatic N) is 5. The van der Waals surface area contributed by atoms with E-state index in [-0.39, 0.29) is 35.6 Å². The van der Waals surface area contributed by atoms with Gasteiger partial charge in [-0.3, -0.25) is 14.3 Å². The molecule has 35 heavy (non-hydrogen) atoms. The number of rotatable bonds is 5. The fourth-order valence-electron chi connectivity index (χ4n) is 4.47. The Labute approximate surface area is 203 Å². The summed E-state index contributed by atoms with van der Waals surface area (Å²) >= 11 is 0. The highest BCUT2D eigenvalue weighted by Gasteiger charge is 2.36. The molecule has 1 aliphatic rings. The van der Waals surface area contributed by atoms with E-state index in [1.807, 2.05) is 34.6 Å². The molecular formula is C24H34F3N5O3. The summed E-state index contributed by atoms with van der Waals surface area (Å²) in [4.78, 5) is 37.9. The maximum Gasteiger partial charge on any atom is 0.433 e. The number of alkyl halides is 3. The molecule has 0 aromatic carbocycles. The lowest BCUT2D eigenvalue weighted by Gasteiger charge is -2.43. The predicted molar refractivity (Wildman–Crippen MR) is 126 cm³/mol. The number of hydrogen-bond acceptors (Lipinski definition) is 6. The third-order valence-corrected chi connectivity index (χ3v) is 6.06. The number of halogens is 3. The molecule has 11 heteroatoms. The summed E-state index contributed by atoms with van der Waals surface area (Å²) in [5, 5.41) is -0.101. The van der Waals surface area contributed by atoms with Crippen molar-refractivity contribution in [2.24, 2.45) is 0 Å². The summed E-state index contributed by atoms with van der Waals surface area (Å²) in [7, 11) is 0. The van der Waals surface area contributed by atoms with Gasteiger partial charge in [-0.2, -0.15) is 13.2 Å². The fraction of sp³-hybridized carbons (Fsp3) is 0.667. The highest BCUT2D eigenvalue weighted by atomic mass is 19.4. The lowest BCUT2D eigenvalue weighted by atomic mass is 10.0. The van der Waals surface area contributed by atoms with Crippen molar-refractivity contribution < 1.29 is 22.7 Å². The van der Waals surface area contributed by atoms with Crippen LogP contribution in [0, 0.1) is 0 Å². The summed E-state index contributed by atoms with van der Waals surface area (Å²) in [5.41, 5.74) is -2.08. The van der Waals surface area contributed by atoms with Crippen molar-refractivity contribution in [3.05, 3.63) is 34.1 Å². The Hall–Kier alpha value is -2.69. The van der Waals surface area contributed by atoms with Gasteiger partial charge in [0.15, 0.2) is 0 Å². The minimum absolute atomic E-state index is 0.101. The first-order chi connectivity index (χ1) is 16.3. The van der Waals surface area contributed by atoms with Crippen molar-refractivity contribution in [2.45, 2.75) is 84.8 Å². The fourth-order valence-corrected chi connectivity index (χ4v) is 4.47. The summed E-state index contributed by atoms with van der Waals surface area (Å²) in [6.45, 7) is 13.1. The maximum absolute atomic E-state index is 13.2. The second-order valence-corrected chi connectivity index (χ2v) is 9.93. The van der Waals surface area contributed by atoms with E-state index in [1.165, 1.54) is 4.57 Å². The zero-order valence-corrected chi connectivity index (χ0v) is 21.1. The lowest BCUT2D eigenvalue weighted by Crippen LogP contribution is -2.56. The molecule has 2 aromatic rings. The zero-order chi connectivity index (χ0) is 26.1. The molecule has 2 aromatic heterocycles. The predicted octanol–water partition coefficient (Wildman–Crippen LogP) is 4.61. The summed E-state index contributed by atoms with van der Waals surface area (Å²) in [6, 6.07) is 0.413. The van der Waals surface area contributed by atoms with E-state index in [0.29, 0.717) is 31.9 Å². The van der Waals surface area contributed by atoms with Crippen LogP contribution in [0.5, 0.6) is 0 Å². The molecular weight excluding hydrogens is 463 g/mol. The molecule has 0 aliphatic carbocycles. The lowest BCUT2D eigenvalue weighted by molar-refractivity contribution is -0.141. The Morgan fingerprint density at radius 3 is 2.46 bits per heavy atom. The second kappa shape index (κ2) is 10.1. The number of piperazine rings is 1. The van der Waals surface area contributed by atoms with Gasteiger partial charge in [0.25, 0.3) is 5.56 Å². The van der Waals surface area contributed by atoms with Gasteiger partial charge in [0.2, 0.25) is 0 Å². The Morgan fingerprint density at radius 1 is 1.23 bits per heavy atom. The average molecular weight is 498 g/mol. The third kappa shape index (κ3) is 5.94. The standard InChI is InChI=1S/C24H34F3N5O3/c1-7-9-18(30-10-11-32(15(3)14-30)22(34)35-23(4,5)6)20-29-17-13-28-19(24(25,26)27)12-16(17)21(33)31(20)8-2/h12-13,15,18H,7-11,14H2,1-6H3/t15-,18-/m1/s1. The van der Waals surface area contributed by atoms with Crippen molar-refractivity contribution in [1.82, 2.24) is 24.3 Å². The molecule has 1 aliphatic heterocycles. The van der Waals surface area contributed by atoms with Gasteiger partial charge in [-0.25, -0.2) is 14.8 Å². The largest absolute Gasteiger partial charge is 0.444 e. The monoisotopic (exact) mass is 497 g/mol. The van der Waals surface area contributed by atoms with Crippen LogP contribution < -0.4 is 5.56 Å². The van der Waals surface area contributed by atoms with Gasteiger partial charge in [0, 0.05) is 32.2 Å². The van der Waals surface area contributed by atoms with Crippen LogP contribution >= 0.6 is 0 Å². The topological polar surface area (TPSA) is 80.6 Å². The minimum Gasteiger partial charge on any atom is -0.444 e. The molecule has 1 fully saturated rings. The average Bonchev–Trinajstić information content (AvgIpc) is 2.75. The second-order valence-electron chi connectivity index (χ2n) is 9.93. The van der Waals surface area contributed by atoms with E-state index in [0.717, 1.165) is 18.7 Å². The Kier molecular flexibility index (Phi) is 7.78. The minimum atomic E-state index is -4.65. The van der Waals surface area contributed by atoms with Gasteiger partial charge < -0.3 is 9.64 Å². The molecule has 1 saturated heterocycles. The summed E-state index contributed by atoms with van der Waals surface area (Å²) < 4.78 is 46.5. The van der Waals surface area contributed by atoms with Crippen molar-refractivity contribution in [3.63, 3.8) is 0 Å². The number of pyridine rings is 1. The van der Waals surface area contributed by atoms with Crippen molar-refractivity contribution >= 4 is 17.0 Å². The highest BCUT2D eigenvalue weighted by Crippen LogP contribution is 2.31. The van der Waals surface area contributed by atoms with Gasteiger partial charge in [-0.15, -0.1) is 0 Å². The van der Waals surface area contributed by atoms with Crippen LogP contribution in [0.2, 0.25) is 0 Å². The molecule has 0 spiro atoms. The molecule has 8 nitrogen and oxygen atoms in total. The molecule has 3 heterocycles. The molecule has 1 amide bonds. The van der Waals surface area contributed by atoms with Gasteiger partial charge in [0.1, 0.15) is 17.1 Å². The van der Waals surface area contributed by atoms with E-state index < -0.39 is 23.0 Å². The van der Waals surface area contributed by atoms with Crippen molar-refractivity contribution in [1.29, 1.82) is 0 Å². The normalized spacial score (nSPS) is 18.7. The first kappa shape index (κ1) is 26.9. The van der Waals surface area contributed by atoms with E-state index in [2.05, 4.69) is 14.9 Å². The third-order valence-electron chi connectivity index (χ3n) is 6.06. The van der Waals surface area contributed by atoms with E-state index in [9.17, 15) is 22.8 Å². The Bertz CT molecular complexity index is 1130. The molecule has 0 N–H and O–H groups in total. The van der Waals surface area contributed by atoms with Crippen molar-refractivity contribution in [3.8, 4) is 0 Å². The highest BCUT2D eigenvalue weighted by molar-refractivity contribution is 5.77. The number of carbonyl (C=O) groups excluding carboxylic acids is 1. The molecule has 0 unspecified atom stereocenters. The van der Waals surface area contributed by atoms with Crippen LogP contribution in [0.25, 0.3) is 10.9 Å². The van der Waals surface area contributed by atoms with Gasteiger partial charge in [0.05, 0.1) is 23.1 Å². The van der Waals surface area contributed by atoms with E-state index in [4.69, 9.17) is 4.74 Å². The van der Waals surface area contributed by atoms with Gasteiger partial charge >= 0.3 is 12.3 Å². The number of aromatic nitrogens is 3. The molecule has 3 rings (SSSR count). The summed E-state index contributed by atoms with van der Waals surface area (Å²) in [6.07, 6.45) is -2.47. The number of amides is 1. The van der Waals surface area contributed by atoms with Gasteiger partial charge in [-0.1, -0.05) is 13.3 Å². The molecule has 2 atom stereocenters. The molecule has 0 bridgehead atoms. The Morgan fingerprint density at radius 2 is 1.91 bits per heavy atom. The van der Waals surface area contributed by atoms with E-state index >= 15 is 0 Å². The SMILES string of the molecule is CCC[C@H](c1nc2cnc(C(F)(F)F)cc2c(=O)n1CC)N1CCN(C(=O)OC(C)(C)C)[C@H](C)C1. The number of hydrogen-bond donors (Lipinski definition) is 0. The maximum atomic E-state index is 13.2. The van der Waals surface area contributed by atoms with Crippen LogP contribution in [0.3, 0.4) is 0 Å². The van der Waals surface area contributed by atoms with Crippen LogP contribution in [0.1, 0.15) is 71.9 Å². The first-order valence-corrected chi connectivity index (χ1v) is 12.0. The zero-order valence-electron chi connectivity index (χ0n) is 21.1. The quantitative estimate of drug-likeness (QED) is 0.600. The summed E-state index contributed by atoms with van der Waals surface area (Å²) in [5.74, 6) is 0.506. The van der Waals surface area contributed by atoms with Gasteiger partial charge in [-0.05, 0) is 47.1 Å². The molecule has 0 saturated carbocycles. The van der Waals surface area contributed by atoms with Crippen molar-refractivity contribution in [2.75, 3.05) is 19.6 Å². The van der Waals surface area contributed by atoms with Crippen LogP contribution in [0.15, 0.2) is 17.1 Å². The first-order valence-electron chi connectivity index (χ1n) is 12.0. The van der Waals surface area contributed by atoms with Crippen LogP contribution in [-0.2, 0) is 17.5 Å². The molecule has 194 valence electrons. The molecule has 0 radical (unpaired) electrons. The van der Waals surface area contributed by atoms with Crippen LogP contribution in [-0.4, -0.2) is 61.7 Å². The number of fused-ring (bicyclic) bond motifs is 1. The smallest absolute Gasteiger partial charge is 0.433 e. The number of carbonyl (C=O) groups is 1. The van der Waals surface area contributed by atoms with Crippen LogP contribution in [0.4, 0.5) is 18.0 Å². The van der Waals surface area contributed by atoms with E-state index in [1.54, 1.807) is 11.8 Å². The number of ether oxygens (including phenoxy) is 1. The Balaban J connectivity index is 1.97.